The number of carbonyl (C=O) groups is 2. The number of amides is 1. The third-order valence-corrected chi connectivity index (χ3v) is 2.85. The van der Waals surface area contributed by atoms with Crippen molar-refractivity contribution in [1.82, 2.24) is 5.32 Å². The van der Waals surface area contributed by atoms with Crippen LogP contribution < -0.4 is 5.32 Å². The second kappa shape index (κ2) is 8.43. The van der Waals surface area contributed by atoms with Gasteiger partial charge in [0.2, 0.25) is 0 Å². The Morgan fingerprint density at radius 2 is 2.10 bits per heavy atom. The van der Waals surface area contributed by atoms with Gasteiger partial charge in [0.15, 0.2) is 6.61 Å². The Kier molecular flexibility index (Phi) is 6.87. The second-order valence-corrected chi connectivity index (χ2v) is 4.73. The molecule has 0 aliphatic rings. The van der Waals surface area contributed by atoms with Gasteiger partial charge in [-0.1, -0.05) is 31.4 Å². The van der Waals surface area contributed by atoms with Crippen molar-refractivity contribution in [2.45, 2.75) is 26.2 Å². The maximum atomic E-state index is 11.7. The van der Waals surface area contributed by atoms with E-state index < -0.39 is 5.97 Å². The number of halogens is 1. The topological polar surface area (TPSA) is 75.6 Å². The van der Waals surface area contributed by atoms with Gasteiger partial charge < -0.3 is 15.2 Å². The predicted molar refractivity (Wildman–Crippen MR) is 75.9 cm³/mol. The fraction of sp³-hybridized carbons (Fsp3) is 0.429. The molecule has 20 heavy (non-hydrogen) atoms. The molecule has 110 valence electrons. The van der Waals surface area contributed by atoms with Gasteiger partial charge in [-0.2, -0.15) is 0 Å². The summed E-state index contributed by atoms with van der Waals surface area (Å²) in [6.07, 6.45) is 3.00. The second-order valence-electron chi connectivity index (χ2n) is 4.29. The zero-order chi connectivity index (χ0) is 15.0. The Bertz CT molecular complexity index is 476. The lowest BCUT2D eigenvalue weighted by Crippen LogP contribution is -2.29. The number of hydrogen-bond donors (Lipinski definition) is 2. The van der Waals surface area contributed by atoms with Gasteiger partial charge in [-0.05, 0) is 24.6 Å². The van der Waals surface area contributed by atoms with Gasteiger partial charge in [-0.15, -0.1) is 0 Å². The molecular weight excluding hydrogens is 282 g/mol. The summed E-state index contributed by atoms with van der Waals surface area (Å²) in [5.74, 6) is -1.38. The van der Waals surface area contributed by atoms with E-state index in [9.17, 15) is 14.7 Å². The van der Waals surface area contributed by atoms with Gasteiger partial charge in [0.05, 0.1) is 0 Å². The van der Waals surface area contributed by atoms with Crippen LogP contribution in [0.2, 0.25) is 5.02 Å². The molecule has 1 rings (SSSR count). The molecule has 0 heterocycles. The number of aromatic hydroxyl groups is 1. The first-order chi connectivity index (χ1) is 9.54. The molecule has 0 atom stereocenters. The van der Waals surface area contributed by atoms with E-state index >= 15 is 0 Å². The molecule has 1 aromatic rings. The highest BCUT2D eigenvalue weighted by Crippen LogP contribution is 2.22. The molecule has 1 aromatic carbocycles. The van der Waals surface area contributed by atoms with E-state index in [2.05, 4.69) is 12.2 Å². The van der Waals surface area contributed by atoms with Crippen LogP contribution in [0.4, 0.5) is 0 Å². The van der Waals surface area contributed by atoms with Crippen molar-refractivity contribution in [2.75, 3.05) is 13.2 Å². The largest absolute Gasteiger partial charge is 0.507 e. The molecule has 0 spiro atoms. The predicted octanol–water partition coefficient (Wildman–Crippen LogP) is 2.51. The number of unbranched alkanes of at least 4 members (excludes halogenated alkanes) is 2. The van der Waals surface area contributed by atoms with E-state index in [1.807, 2.05) is 0 Å². The average molecular weight is 300 g/mol. The van der Waals surface area contributed by atoms with E-state index in [4.69, 9.17) is 16.3 Å². The monoisotopic (exact) mass is 299 g/mol. The van der Waals surface area contributed by atoms with Crippen LogP contribution in [-0.4, -0.2) is 30.1 Å². The van der Waals surface area contributed by atoms with Crippen molar-refractivity contribution in [3.8, 4) is 5.75 Å². The first kappa shape index (κ1) is 16.3. The maximum absolute atomic E-state index is 11.7. The molecule has 0 aromatic heterocycles. The Hall–Kier alpha value is -1.75. The van der Waals surface area contributed by atoms with Gasteiger partial charge in [0, 0.05) is 11.6 Å². The van der Waals surface area contributed by atoms with Gasteiger partial charge >= 0.3 is 5.97 Å². The molecule has 0 radical (unpaired) electrons. The smallest absolute Gasteiger partial charge is 0.342 e. The van der Waals surface area contributed by atoms with Crippen LogP contribution in [0.25, 0.3) is 0 Å². The molecule has 0 aliphatic carbocycles. The van der Waals surface area contributed by atoms with Crippen LogP contribution >= 0.6 is 11.6 Å². The molecule has 0 saturated heterocycles. The lowest BCUT2D eigenvalue weighted by atomic mass is 10.2. The van der Waals surface area contributed by atoms with Crippen LogP contribution in [0.3, 0.4) is 0 Å². The highest BCUT2D eigenvalue weighted by Gasteiger charge is 2.14. The van der Waals surface area contributed by atoms with Crippen molar-refractivity contribution < 1.29 is 19.4 Å². The third-order valence-electron chi connectivity index (χ3n) is 2.62. The van der Waals surface area contributed by atoms with Gasteiger partial charge in [-0.25, -0.2) is 4.79 Å². The highest BCUT2D eigenvalue weighted by molar-refractivity contribution is 6.31. The number of nitrogens with one attached hydrogen (secondary N) is 1. The van der Waals surface area contributed by atoms with Gasteiger partial charge in [0.25, 0.3) is 5.91 Å². The maximum Gasteiger partial charge on any atom is 0.342 e. The summed E-state index contributed by atoms with van der Waals surface area (Å²) in [5, 5.41) is 12.5. The number of phenols is 1. The fourth-order valence-electron chi connectivity index (χ4n) is 1.53. The Balaban J connectivity index is 2.39. The van der Waals surface area contributed by atoms with Crippen LogP contribution in [0.5, 0.6) is 5.75 Å². The number of benzene rings is 1. The van der Waals surface area contributed by atoms with Crippen LogP contribution in [0, 0.1) is 0 Å². The normalized spacial score (nSPS) is 10.1. The summed E-state index contributed by atoms with van der Waals surface area (Å²) in [6.45, 7) is 2.25. The Labute approximate surface area is 122 Å². The molecule has 2 N–H and O–H groups in total. The zero-order valence-electron chi connectivity index (χ0n) is 11.3. The number of phenolic OH excluding ortho intramolecular Hbond substituents is 1. The third kappa shape index (κ3) is 5.48. The lowest BCUT2D eigenvalue weighted by Gasteiger charge is -2.07. The van der Waals surface area contributed by atoms with E-state index in [-0.39, 0.29) is 23.8 Å². The van der Waals surface area contributed by atoms with E-state index in [0.717, 1.165) is 19.3 Å². The molecule has 0 unspecified atom stereocenters. The number of esters is 1. The first-order valence-corrected chi connectivity index (χ1v) is 6.84. The van der Waals surface area contributed by atoms with Crippen LogP contribution in [-0.2, 0) is 9.53 Å². The van der Waals surface area contributed by atoms with Crippen molar-refractivity contribution >= 4 is 23.5 Å². The molecule has 0 saturated carbocycles. The summed E-state index contributed by atoms with van der Waals surface area (Å²) in [5.41, 5.74) is -0.0590. The molecule has 6 heteroatoms. The summed E-state index contributed by atoms with van der Waals surface area (Å²) >= 11 is 5.72. The molecule has 1 amide bonds. The van der Waals surface area contributed by atoms with Crippen molar-refractivity contribution in [1.29, 1.82) is 0 Å². The first-order valence-electron chi connectivity index (χ1n) is 6.47. The Morgan fingerprint density at radius 3 is 2.80 bits per heavy atom. The number of ether oxygens (including phenoxy) is 1. The van der Waals surface area contributed by atoms with Crippen molar-refractivity contribution in [3.63, 3.8) is 0 Å². The summed E-state index contributed by atoms with van der Waals surface area (Å²) in [7, 11) is 0. The highest BCUT2D eigenvalue weighted by atomic mass is 35.5. The Morgan fingerprint density at radius 1 is 1.35 bits per heavy atom. The van der Waals surface area contributed by atoms with Gasteiger partial charge in [-0.3, -0.25) is 4.79 Å². The van der Waals surface area contributed by atoms with Crippen LogP contribution in [0.1, 0.15) is 36.5 Å². The van der Waals surface area contributed by atoms with E-state index in [0.29, 0.717) is 11.6 Å². The molecular formula is C14H18ClNO4. The molecule has 0 fully saturated rings. The minimum Gasteiger partial charge on any atom is -0.507 e. The number of rotatable bonds is 7. The quantitative estimate of drug-likeness (QED) is 0.599. The van der Waals surface area contributed by atoms with Crippen LogP contribution in [0.15, 0.2) is 18.2 Å². The number of hydrogen-bond acceptors (Lipinski definition) is 4. The fourth-order valence-corrected chi connectivity index (χ4v) is 1.71. The minimum absolute atomic E-state index is 0.0590. The lowest BCUT2D eigenvalue weighted by molar-refractivity contribution is -0.124. The molecule has 0 bridgehead atoms. The van der Waals surface area contributed by atoms with Crippen molar-refractivity contribution in [3.05, 3.63) is 28.8 Å². The number of carbonyl (C=O) groups excluding carboxylic acids is 2. The van der Waals surface area contributed by atoms with Gasteiger partial charge in [0.1, 0.15) is 11.3 Å². The van der Waals surface area contributed by atoms with E-state index in [1.54, 1.807) is 0 Å². The standard InChI is InChI=1S/C14H18ClNO4/c1-2-3-4-7-16-13(18)9-20-14(19)11-8-10(15)5-6-12(11)17/h5-6,8,17H,2-4,7,9H2,1H3,(H,16,18). The molecule has 5 nitrogen and oxygen atoms in total. The average Bonchev–Trinajstić information content (AvgIpc) is 2.43. The summed E-state index contributed by atoms with van der Waals surface area (Å²) < 4.78 is 4.81. The summed E-state index contributed by atoms with van der Waals surface area (Å²) in [4.78, 5) is 23.1. The zero-order valence-corrected chi connectivity index (χ0v) is 12.1. The molecule has 0 aliphatic heterocycles. The SMILES string of the molecule is CCCCCNC(=O)COC(=O)c1cc(Cl)ccc1O. The van der Waals surface area contributed by atoms with E-state index in [1.165, 1.54) is 18.2 Å². The van der Waals surface area contributed by atoms with Crippen molar-refractivity contribution in [2.24, 2.45) is 0 Å². The summed E-state index contributed by atoms with van der Waals surface area (Å²) in [6, 6.07) is 4.04. The minimum atomic E-state index is -0.784.